The number of aliphatic carboxylic acids is 1. The number of carbonyl (C=O) groups excluding carboxylic acids is 1. The summed E-state index contributed by atoms with van der Waals surface area (Å²) in [7, 11) is 3.61. The summed E-state index contributed by atoms with van der Waals surface area (Å²) in [5.41, 5.74) is 1.96. The summed E-state index contributed by atoms with van der Waals surface area (Å²) >= 11 is 1.44. The average Bonchev–Trinajstić information content (AvgIpc) is 3.20. The van der Waals surface area contributed by atoms with Gasteiger partial charge in [-0.25, -0.2) is 9.55 Å². The summed E-state index contributed by atoms with van der Waals surface area (Å²) < 4.78 is 2.90. The minimum Gasteiger partial charge on any atom is -0.481 e. The van der Waals surface area contributed by atoms with Gasteiger partial charge in [0, 0.05) is 13.1 Å². The SMILES string of the molecule is CN(C(=O)C1(CC(=O)O)Cc2ccccc2C1)c1nc2c[n+](C)ccc2s1. The van der Waals surface area contributed by atoms with Crippen molar-refractivity contribution in [2.75, 3.05) is 11.9 Å². The van der Waals surface area contributed by atoms with Crippen LogP contribution in [-0.2, 0) is 29.5 Å². The number of carboxylic acid groups (broad SMARTS) is 1. The van der Waals surface area contributed by atoms with Crippen molar-refractivity contribution in [2.45, 2.75) is 19.3 Å². The van der Waals surface area contributed by atoms with Crippen molar-refractivity contribution >= 4 is 38.6 Å². The lowest BCUT2D eigenvalue weighted by Crippen LogP contribution is -2.44. The number of carbonyl (C=O) groups is 2. The van der Waals surface area contributed by atoms with Gasteiger partial charge in [0.15, 0.2) is 17.5 Å². The van der Waals surface area contributed by atoms with E-state index in [2.05, 4.69) is 4.98 Å². The van der Waals surface area contributed by atoms with Gasteiger partial charge in [-0.05, 0) is 24.0 Å². The number of amides is 1. The lowest BCUT2D eigenvalue weighted by Gasteiger charge is -2.30. The van der Waals surface area contributed by atoms with Crippen molar-refractivity contribution in [1.29, 1.82) is 0 Å². The molecule has 0 atom stereocenters. The lowest BCUT2D eigenvalue weighted by molar-refractivity contribution is -0.670. The highest BCUT2D eigenvalue weighted by Crippen LogP contribution is 2.42. The van der Waals surface area contributed by atoms with Gasteiger partial charge in [0.25, 0.3) is 0 Å². The maximum absolute atomic E-state index is 13.4. The Hall–Kier alpha value is -2.80. The Morgan fingerprint density at radius 3 is 2.56 bits per heavy atom. The zero-order chi connectivity index (χ0) is 19.2. The maximum atomic E-state index is 13.4. The van der Waals surface area contributed by atoms with Crippen LogP contribution in [0.2, 0.25) is 0 Å². The number of hydrogen-bond acceptors (Lipinski definition) is 4. The third kappa shape index (κ3) is 3.08. The molecule has 138 valence electrons. The molecule has 4 rings (SSSR count). The van der Waals surface area contributed by atoms with Crippen molar-refractivity contribution in [3.63, 3.8) is 0 Å². The number of fused-ring (bicyclic) bond motifs is 2. The first-order valence-corrected chi connectivity index (χ1v) is 9.52. The minimum absolute atomic E-state index is 0.190. The van der Waals surface area contributed by atoms with Crippen LogP contribution < -0.4 is 9.47 Å². The first kappa shape index (κ1) is 17.6. The third-order valence-electron chi connectivity index (χ3n) is 5.17. The number of benzene rings is 1. The molecular weight excluding hydrogens is 362 g/mol. The molecule has 0 radical (unpaired) electrons. The van der Waals surface area contributed by atoms with Crippen molar-refractivity contribution in [2.24, 2.45) is 12.5 Å². The molecule has 2 heterocycles. The Morgan fingerprint density at radius 2 is 1.93 bits per heavy atom. The van der Waals surface area contributed by atoms with Gasteiger partial charge in [-0.3, -0.25) is 14.5 Å². The Labute approximate surface area is 160 Å². The number of carboxylic acids is 1. The molecule has 0 unspecified atom stereocenters. The molecule has 27 heavy (non-hydrogen) atoms. The number of aromatic nitrogens is 2. The van der Waals surface area contributed by atoms with Crippen LogP contribution in [-0.4, -0.2) is 29.0 Å². The lowest BCUT2D eigenvalue weighted by atomic mass is 9.80. The number of aryl methyl sites for hydroxylation is 1. The van der Waals surface area contributed by atoms with Gasteiger partial charge in [-0.1, -0.05) is 35.6 Å². The summed E-state index contributed by atoms with van der Waals surface area (Å²) in [6.45, 7) is 0. The predicted octanol–water partition coefficient (Wildman–Crippen LogP) is 2.34. The summed E-state index contributed by atoms with van der Waals surface area (Å²) in [6, 6.07) is 9.77. The van der Waals surface area contributed by atoms with Gasteiger partial charge < -0.3 is 5.11 Å². The summed E-state index contributed by atoms with van der Waals surface area (Å²) in [5, 5.41) is 10.1. The van der Waals surface area contributed by atoms with Crippen LogP contribution in [0.15, 0.2) is 42.7 Å². The van der Waals surface area contributed by atoms with Crippen molar-refractivity contribution in [1.82, 2.24) is 4.98 Å². The fourth-order valence-electron chi connectivity index (χ4n) is 3.89. The van der Waals surface area contributed by atoms with E-state index in [0.29, 0.717) is 18.0 Å². The largest absolute Gasteiger partial charge is 0.481 e. The molecule has 0 aliphatic heterocycles. The van der Waals surface area contributed by atoms with E-state index >= 15 is 0 Å². The Morgan fingerprint density at radius 1 is 1.26 bits per heavy atom. The van der Waals surface area contributed by atoms with E-state index in [0.717, 1.165) is 21.3 Å². The molecule has 6 nitrogen and oxygen atoms in total. The van der Waals surface area contributed by atoms with Gasteiger partial charge >= 0.3 is 5.97 Å². The van der Waals surface area contributed by atoms with E-state index in [-0.39, 0.29) is 12.3 Å². The van der Waals surface area contributed by atoms with Crippen molar-refractivity contribution in [3.05, 3.63) is 53.9 Å². The Bertz CT molecular complexity index is 1030. The molecule has 1 aliphatic carbocycles. The fraction of sp³-hybridized carbons (Fsp3) is 0.300. The number of hydrogen-bond donors (Lipinski definition) is 1. The molecule has 1 amide bonds. The van der Waals surface area contributed by atoms with Gasteiger partial charge in [-0.2, -0.15) is 0 Å². The molecule has 3 aromatic rings. The first-order chi connectivity index (χ1) is 12.9. The van der Waals surface area contributed by atoms with E-state index in [1.165, 1.54) is 16.2 Å². The van der Waals surface area contributed by atoms with E-state index in [1.807, 2.05) is 54.3 Å². The smallest absolute Gasteiger partial charge is 0.304 e. The van der Waals surface area contributed by atoms with E-state index in [9.17, 15) is 14.7 Å². The second-order valence-electron chi connectivity index (χ2n) is 7.19. The van der Waals surface area contributed by atoms with Crippen LogP contribution in [0.4, 0.5) is 5.13 Å². The van der Waals surface area contributed by atoms with Crippen LogP contribution >= 0.6 is 11.3 Å². The van der Waals surface area contributed by atoms with Crippen LogP contribution in [0.5, 0.6) is 0 Å². The quantitative estimate of drug-likeness (QED) is 0.703. The number of anilines is 1. The zero-order valence-electron chi connectivity index (χ0n) is 15.2. The van der Waals surface area contributed by atoms with Gasteiger partial charge in [0.2, 0.25) is 5.91 Å². The molecule has 0 spiro atoms. The molecule has 0 bridgehead atoms. The molecule has 1 aliphatic rings. The second-order valence-corrected chi connectivity index (χ2v) is 8.20. The molecule has 7 heteroatoms. The average molecular weight is 382 g/mol. The van der Waals surface area contributed by atoms with Crippen molar-refractivity contribution in [3.8, 4) is 0 Å². The normalized spacial score (nSPS) is 14.9. The Balaban J connectivity index is 1.70. The van der Waals surface area contributed by atoms with Crippen LogP contribution in [0.3, 0.4) is 0 Å². The van der Waals surface area contributed by atoms with Crippen LogP contribution in [0.25, 0.3) is 10.2 Å². The fourth-order valence-corrected chi connectivity index (χ4v) is 4.78. The Kier molecular flexibility index (Phi) is 4.19. The highest BCUT2D eigenvalue weighted by molar-refractivity contribution is 7.22. The molecule has 0 saturated heterocycles. The second kappa shape index (κ2) is 6.42. The minimum atomic E-state index is -0.965. The van der Waals surface area contributed by atoms with Gasteiger partial charge in [0.1, 0.15) is 12.6 Å². The van der Waals surface area contributed by atoms with Crippen LogP contribution in [0, 0.1) is 5.41 Å². The monoisotopic (exact) mass is 382 g/mol. The molecule has 1 N–H and O–H groups in total. The summed E-state index contributed by atoms with van der Waals surface area (Å²) in [5.74, 6) is -1.15. The standard InChI is InChI=1S/C20H19N3O3S/c1-22-8-7-16-15(12-22)21-19(27-16)23(2)18(26)20(11-17(24)25)9-13-5-3-4-6-14(13)10-20/h3-8,12H,9-11H2,1-2H3/p+1. The number of nitrogens with zero attached hydrogens (tertiary/aromatic N) is 3. The predicted molar refractivity (Wildman–Crippen MR) is 103 cm³/mol. The summed E-state index contributed by atoms with van der Waals surface area (Å²) in [6.07, 6.45) is 4.54. The van der Waals surface area contributed by atoms with Crippen molar-refractivity contribution < 1.29 is 19.3 Å². The molecule has 0 saturated carbocycles. The first-order valence-electron chi connectivity index (χ1n) is 8.70. The molecule has 0 fully saturated rings. The van der Waals surface area contributed by atoms with Crippen LogP contribution in [0.1, 0.15) is 17.5 Å². The number of rotatable bonds is 4. The van der Waals surface area contributed by atoms with E-state index in [4.69, 9.17) is 0 Å². The maximum Gasteiger partial charge on any atom is 0.304 e. The molecular formula is C20H20N3O3S+. The molecule has 1 aromatic carbocycles. The topological polar surface area (TPSA) is 74.4 Å². The summed E-state index contributed by atoms with van der Waals surface area (Å²) in [4.78, 5) is 31.1. The molecule has 2 aromatic heterocycles. The van der Waals surface area contributed by atoms with E-state index in [1.54, 1.807) is 7.05 Å². The highest BCUT2D eigenvalue weighted by Gasteiger charge is 2.47. The third-order valence-corrected chi connectivity index (χ3v) is 6.28. The number of thiazole rings is 1. The van der Waals surface area contributed by atoms with Gasteiger partial charge in [-0.15, -0.1) is 0 Å². The zero-order valence-corrected chi connectivity index (χ0v) is 16.0. The van der Waals surface area contributed by atoms with E-state index < -0.39 is 11.4 Å². The highest BCUT2D eigenvalue weighted by atomic mass is 32.1. The number of pyridine rings is 1. The van der Waals surface area contributed by atoms with Gasteiger partial charge in [0.05, 0.1) is 16.5 Å².